The normalized spacial score (nSPS) is 12.4. The minimum Gasteiger partial charge on any atom is -0.464 e. The number of methoxy groups -OCH3 is 1. The number of aromatic nitrogens is 3. The Kier molecular flexibility index (Phi) is 6.90. The summed E-state index contributed by atoms with van der Waals surface area (Å²) in [7, 11) is 1.29. The maximum atomic E-state index is 12.2. The Morgan fingerprint density at radius 2 is 2.00 bits per heavy atom. The van der Waals surface area contributed by atoms with Gasteiger partial charge < -0.3 is 19.4 Å². The minimum absolute atomic E-state index is 0.0340. The zero-order chi connectivity index (χ0) is 21.1. The number of carbonyl (C=O) groups is 2. The molecule has 0 spiro atoms. The summed E-state index contributed by atoms with van der Waals surface area (Å²) in [5.74, 6) is -0.535. The molecule has 0 aliphatic heterocycles. The Hall–Kier alpha value is -2.32. The summed E-state index contributed by atoms with van der Waals surface area (Å²) in [6.07, 6.45) is 2.52. The molecule has 1 amide bonds. The lowest BCUT2D eigenvalue weighted by Gasteiger charge is -2.22. The highest BCUT2D eigenvalue weighted by Gasteiger charge is 2.21. The van der Waals surface area contributed by atoms with Gasteiger partial charge in [-0.15, -0.1) is 0 Å². The predicted molar refractivity (Wildman–Crippen MR) is 106 cm³/mol. The average molecular weight is 429 g/mol. The van der Waals surface area contributed by atoms with Crippen LogP contribution in [0, 0.1) is 0 Å². The zero-order valence-corrected chi connectivity index (χ0v) is 17.8. The molecule has 0 radical (unpaired) electrons. The predicted octanol–water partition coefficient (Wildman–Crippen LogP) is 3.95. The lowest BCUT2D eigenvalue weighted by atomic mass is 10.2. The van der Waals surface area contributed by atoms with Gasteiger partial charge in [-0.25, -0.2) is 19.6 Å². The van der Waals surface area contributed by atoms with Gasteiger partial charge in [-0.2, -0.15) is 0 Å². The van der Waals surface area contributed by atoms with Gasteiger partial charge in [-0.05, 0) is 45.4 Å². The van der Waals surface area contributed by atoms with Crippen molar-refractivity contribution in [2.24, 2.45) is 0 Å². The monoisotopic (exact) mass is 428 g/mol. The van der Waals surface area contributed by atoms with Crippen LogP contribution in [0.5, 0.6) is 0 Å². The van der Waals surface area contributed by atoms with Crippen molar-refractivity contribution >= 4 is 35.3 Å². The van der Waals surface area contributed by atoms with E-state index in [2.05, 4.69) is 15.3 Å². The van der Waals surface area contributed by atoms with Crippen LogP contribution < -0.4 is 5.32 Å². The summed E-state index contributed by atoms with van der Waals surface area (Å²) in [6.45, 7) is 7.42. The van der Waals surface area contributed by atoms with Gasteiger partial charge in [0.05, 0.1) is 24.0 Å². The van der Waals surface area contributed by atoms with Gasteiger partial charge in [0, 0.05) is 24.3 Å². The molecule has 2 rings (SSSR count). The maximum absolute atomic E-state index is 12.2. The molecule has 0 saturated heterocycles. The van der Waals surface area contributed by atoms with Crippen molar-refractivity contribution in [2.45, 2.75) is 45.9 Å². The van der Waals surface area contributed by atoms with Gasteiger partial charge in [0.25, 0.3) is 0 Å². The molecule has 2 heterocycles. The molecule has 28 heavy (non-hydrogen) atoms. The fourth-order valence-electron chi connectivity index (χ4n) is 2.46. The molecule has 152 valence electrons. The first-order chi connectivity index (χ1) is 13.0. The first-order valence-electron chi connectivity index (χ1n) is 8.46. The van der Waals surface area contributed by atoms with Crippen LogP contribution in [-0.4, -0.2) is 45.4 Å². The highest BCUT2D eigenvalue weighted by atomic mass is 35.5. The summed E-state index contributed by atoms with van der Waals surface area (Å²) in [4.78, 5) is 32.1. The second kappa shape index (κ2) is 8.79. The van der Waals surface area contributed by atoms with Gasteiger partial charge in [-0.3, -0.25) is 0 Å². The molecule has 0 saturated carbocycles. The summed E-state index contributed by atoms with van der Waals surface area (Å²) in [5, 5.41) is 3.06. The third kappa shape index (κ3) is 5.84. The fraction of sp³-hybridized carbons (Fsp3) is 0.444. The van der Waals surface area contributed by atoms with Crippen LogP contribution in [0.25, 0.3) is 11.3 Å². The van der Waals surface area contributed by atoms with Crippen LogP contribution in [0.3, 0.4) is 0 Å². The quantitative estimate of drug-likeness (QED) is 0.571. The first-order valence-corrected chi connectivity index (χ1v) is 9.22. The first kappa shape index (κ1) is 22.0. The second-order valence-corrected chi connectivity index (χ2v) is 7.89. The number of rotatable bonds is 5. The van der Waals surface area contributed by atoms with Crippen molar-refractivity contribution in [3.63, 3.8) is 0 Å². The van der Waals surface area contributed by atoms with Crippen LogP contribution >= 0.6 is 23.2 Å². The standard InChI is InChI=1S/C18H22Cl2N4O4/c1-10(22-17(26)28-18(2,3)4)8-24-9-11(6-13(24)15(25)27-5)14-12(19)7-21-16(20)23-14/h6-7,9-10H,8H2,1-5H3,(H,22,26). The molecular weight excluding hydrogens is 407 g/mol. The molecule has 8 nitrogen and oxygen atoms in total. The summed E-state index contributed by atoms with van der Waals surface area (Å²) < 4.78 is 11.7. The Balaban J connectivity index is 2.28. The highest BCUT2D eigenvalue weighted by molar-refractivity contribution is 6.33. The Morgan fingerprint density at radius 3 is 2.61 bits per heavy atom. The van der Waals surface area contributed by atoms with E-state index < -0.39 is 17.7 Å². The van der Waals surface area contributed by atoms with E-state index in [9.17, 15) is 9.59 Å². The number of esters is 1. The van der Waals surface area contributed by atoms with Crippen molar-refractivity contribution in [2.75, 3.05) is 7.11 Å². The number of hydrogen-bond donors (Lipinski definition) is 1. The zero-order valence-electron chi connectivity index (χ0n) is 16.2. The number of hydrogen-bond acceptors (Lipinski definition) is 6. The number of nitrogens with zero attached hydrogens (tertiary/aromatic N) is 3. The van der Waals surface area contributed by atoms with Crippen LogP contribution in [0.2, 0.25) is 10.3 Å². The summed E-state index contributed by atoms with van der Waals surface area (Å²) >= 11 is 12.0. The van der Waals surface area contributed by atoms with Gasteiger partial charge in [0.1, 0.15) is 11.3 Å². The van der Waals surface area contributed by atoms with Crippen LogP contribution in [0.15, 0.2) is 18.5 Å². The van der Waals surface area contributed by atoms with E-state index in [0.29, 0.717) is 17.8 Å². The Bertz CT molecular complexity index is 877. The third-order valence-corrected chi connectivity index (χ3v) is 3.97. The highest BCUT2D eigenvalue weighted by Crippen LogP contribution is 2.28. The molecule has 0 aromatic carbocycles. The SMILES string of the molecule is COC(=O)c1cc(-c2nc(Cl)ncc2Cl)cn1CC(C)NC(=O)OC(C)(C)C. The van der Waals surface area contributed by atoms with E-state index in [1.807, 2.05) is 0 Å². The van der Waals surface area contributed by atoms with E-state index in [4.69, 9.17) is 32.7 Å². The molecule has 10 heteroatoms. The number of amides is 1. The van der Waals surface area contributed by atoms with E-state index in [0.717, 1.165) is 0 Å². The molecule has 0 bridgehead atoms. The van der Waals surface area contributed by atoms with Crippen LogP contribution in [0.4, 0.5) is 4.79 Å². The largest absolute Gasteiger partial charge is 0.464 e. The van der Waals surface area contributed by atoms with Gasteiger partial charge in [0.15, 0.2) is 0 Å². The van der Waals surface area contributed by atoms with Crippen molar-refractivity contribution in [3.8, 4) is 11.3 Å². The smallest absolute Gasteiger partial charge is 0.407 e. The van der Waals surface area contributed by atoms with E-state index in [1.54, 1.807) is 44.5 Å². The average Bonchev–Trinajstić information content (AvgIpc) is 2.97. The second-order valence-electron chi connectivity index (χ2n) is 7.14. The van der Waals surface area contributed by atoms with Gasteiger partial charge >= 0.3 is 12.1 Å². The molecule has 1 unspecified atom stereocenters. The van der Waals surface area contributed by atoms with Crippen LogP contribution in [-0.2, 0) is 16.0 Å². The molecule has 2 aromatic heterocycles. The van der Waals surface area contributed by atoms with Gasteiger partial charge in [-0.1, -0.05) is 11.6 Å². The van der Waals surface area contributed by atoms with Crippen molar-refractivity contribution in [1.29, 1.82) is 0 Å². The molecule has 1 atom stereocenters. The summed E-state index contributed by atoms with van der Waals surface area (Å²) in [6, 6.07) is 1.26. The van der Waals surface area contributed by atoms with Crippen molar-refractivity contribution in [3.05, 3.63) is 34.5 Å². The van der Waals surface area contributed by atoms with E-state index in [1.165, 1.54) is 13.3 Å². The van der Waals surface area contributed by atoms with E-state index >= 15 is 0 Å². The lowest BCUT2D eigenvalue weighted by Crippen LogP contribution is -2.39. The number of alkyl carbamates (subject to hydrolysis) is 1. The fourth-order valence-corrected chi connectivity index (χ4v) is 2.80. The maximum Gasteiger partial charge on any atom is 0.407 e. The number of halogens is 2. The number of carbonyl (C=O) groups excluding carboxylic acids is 2. The molecule has 2 aromatic rings. The van der Waals surface area contributed by atoms with Crippen molar-refractivity contribution in [1.82, 2.24) is 19.9 Å². The molecule has 1 N–H and O–H groups in total. The minimum atomic E-state index is -0.607. The number of nitrogens with one attached hydrogen (secondary N) is 1. The Morgan fingerprint density at radius 1 is 1.32 bits per heavy atom. The molecule has 0 aliphatic carbocycles. The Labute approximate surface area is 173 Å². The molecule has 0 aliphatic rings. The molecular formula is C18H22Cl2N4O4. The topological polar surface area (TPSA) is 95.3 Å². The lowest BCUT2D eigenvalue weighted by molar-refractivity contribution is 0.0504. The van der Waals surface area contributed by atoms with Gasteiger partial charge in [0.2, 0.25) is 5.28 Å². The van der Waals surface area contributed by atoms with Crippen molar-refractivity contribution < 1.29 is 19.1 Å². The van der Waals surface area contributed by atoms with Crippen LogP contribution in [0.1, 0.15) is 38.2 Å². The number of ether oxygens (including phenoxy) is 2. The molecule has 0 fully saturated rings. The van der Waals surface area contributed by atoms with E-state index in [-0.39, 0.29) is 22.0 Å². The third-order valence-electron chi connectivity index (χ3n) is 3.51. The summed E-state index contributed by atoms with van der Waals surface area (Å²) in [5.41, 5.74) is 0.628.